The molecule has 19 heavy (non-hydrogen) atoms. The average molecular weight is 272 g/mol. The minimum atomic E-state index is -0.00947. The third-order valence-corrected chi connectivity index (χ3v) is 4.29. The molecule has 0 aromatic rings. The highest BCUT2D eigenvalue weighted by atomic mass is 16.5. The third kappa shape index (κ3) is 4.39. The number of aliphatic hydroxyl groups excluding tert-OH is 1. The summed E-state index contributed by atoms with van der Waals surface area (Å²) in [5.74, 6) is 0. The fourth-order valence-corrected chi connectivity index (χ4v) is 3.09. The highest BCUT2D eigenvalue weighted by Crippen LogP contribution is 2.31. The van der Waals surface area contributed by atoms with E-state index in [0.29, 0.717) is 5.41 Å². The summed E-state index contributed by atoms with van der Waals surface area (Å²) in [6.45, 7) is 9.76. The zero-order valence-electron chi connectivity index (χ0n) is 12.1. The Morgan fingerprint density at radius 3 is 2.79 bits per heavy atom. The van der Waals surface area contributed by atoms with Gasteiger partial charge in [-0.2, -0.15) is 0 Å². The summed E-state index contributed by atoms with van der Waals surface area (Å²) in [5, 5.41) is 12.7. The first-order chi connectivity index (χ1) is 9.28. The first-order valence-electron chi connectivity index (χ1n) is 7.51. The molecule has 112 valence electrons. The lowest BCUT2D eigenvalue weighted by atomic mass is 9.79. The van der Waals surface area contributed by atoms with Gasteiger partial charge in [-0.3, -0.25) is 4.90 Å². The number of morpholine rings is 1. The van der Waals surface area contributed by atoms with Crippen LogP contribution in [0.3, 0.4) is 0 Å². The molecule has 0 spiro atoms. The van der Waals surface area contributed by atoms with Crippen LogP contribution in [0.15, 0.2) is 0 Å². The van der Waals surface area contributed by atoms with E-state index in [-0.39, 0.29) is 12.7 Å². The van der Waals surface area contributed by atoms with Crippen LogP contribution in [-0.4, -0.2) is 75.3 Å². The van der Waals surface area contributed by atoms with E-state index in [1.165, 1.54) is 0 Å². The second-order valence-corrected chi connectivity index (χ2v) is 5.80. The second-order valence-electron chi connectivity index (χ2n) is 5.80. The first kappa shape index (κ1) is 15.2. The minimum Gasteiger partial charge on any atom is -0.394 e. The summed E-state index contributed by atoms with van der Waals surface area (Å²) in [6.07, 6.45) is 2.24. The number of hydrogen-bond donors (Lipinski definition) is 2. The standard InChI is InChI=1S/C14H28N2O3/c1-2-15-11-14(3-6-18-7-4-14)12-16-5-8-19-13(9-16)10-17/h13,15,17H,2-12H2,1H3. The van der Waals surface area contributed by atoms with E-state index in [1.807, 2.05) is 0 Å². The van der Waals surface area contributed by atoms with Gasteiger partial charge < -0.3 is 19.9 Å². The van der Waals surface area contributed by atoms with Gasteiger partial charge in [-0.05, 0) is 24.8 Å². The van der Waals surface area contributed by atoms with E-state index in [0.717, 1.165) is 65.4 Å². The van der Waals surface area contributed by atoms with Crippen LogP contribution in [0.25, 0.3) is 0 Å². The maximum Gasteiger partial charge on any atom is 0.0932 e. The fourth-order valence-electron chi connectivity index (χ4n) is 3.09. The zero-order valence-corrected chi connectivity index (χ0v) is 12.1. The van der Waals surface area contributed by atoms with Gasteiger partial charge in [0.2, 0.25) is 0 Å². The van der Waals surface area contributed by atoms with E-state index < -0.39 is 0 Å². The lowest BCUT2D eigenvalue weighted by Gasteiger charge is -2.43. The van der Waals surface area contributed by atoms with Crippen LogP contribution in [-0.2, 0) is 9.47 Å². The predicted molar refractivity (Wildman–Crippen MR) is 74.3 cm³/mol. The maximum atomic E-state index is 9.24. The van der Waals surface area contributed by atoms with E-state index in [2.05, 4.69) is 17.1 Å². The van der Waals surface area contributed by atoms with Gasteiger partial charge in [-0.1, -0.05) is 6.92 Å². The van der Waals surface area contributed by atoms with Gasteiger partial charge >= 0.3 is 0 Å². The smallest absolute Gasteiger partial charge is 0.0932 e. The molecule has 2 rings (SSSR count). The lowest BCUT2D eigenvalue weighted by Crippen LogP contribution is -2.52. The Kier molecular flexibility index (Phi) is 6.04. The van der Waals surface area contributed by atoms with Gasteiger partial charge in [0.15, 0.2) is 0 Å². The van der Waals surface area contributed by atoms with Crippen molar-refractivity contribution < 1.29 is 14.6 Å². The highest BCUT2D eigenvalue weighted by Gasteiger charge is 2.35. The molecule has 0 amide bonds. The monoisotopic (exact) mass is 272 g/mol. The van der Waals surface area contributed by atoms with Gasteiger partial charge in [-0.15, -0.1) is 0 Å². The molecule has 2 aliphatic heterocycles. The molecule has 0 saturated carbocycles. The highest BCUT2D eigenvalue weighted by molar-refractivity contribution is 4.88. The molecule has 0 aromatic carbocycles. The van der Waals surface area contributed by atoms with Crippen molar-refractivity contribution in [2.24, 2.45) is 5.41 Å². The van der Waals surface area contributed by atoms with Crippen molar-refractivity contribution in [1.82, 2.24) is 10.2 Å². The molecule has 0 bridgehead atoms. The Balaban J connectivity index is 1.90. The quantitative estimate of drug-likeness (QED) is 0.717. The predicted octanol–water partition coefficient (Wildman–Crippen LogP) is 0.0858. The van der Waals surface area contributed by atoms with Crippen LogP contribution in [0.5, 0.6) is 0 Å². The average Bonchev–Trinajstić information content (AvgIpc) is 2.46. The van der Waals surface area contributed by atoms with E-state index in [4.69, 9.17) is 9.47 Å². The molecule has 2 N–H and O–H groups in total. The fraction of sp³-hybridized carbons (Fsp3) is 1.00. The van der Waals surface area contributed by atoms with Crippen molar-refractivity contribution in [2.75, 3.05) is 59.2 Å². The van der Waals surface area contributed by atoms with Gasteiger partial charge in [0.1, 0.15) is 0 Å². The number of aliphatic hydroxyl groups is 1. The topological polar surface area (TPSA) is 54.0 Å². The SMILES string of the molecule is CCNCC1(CN2CCOC(CO)C2)CCOCC1. The Labute approximate surface area is 116 Å². The molecule has 0 radical (unpaired) electrons. The van der Waals surface area contributed by atoms with E-state index in [1.54, 1.807) is 0 Å². The van der Waals surface area contributed by atoms with Crippen molar-refractivity contribution in [3.63, 3.8) is 0 Å². The molecule has 2 aliphatic rings. The van der Waals surface area contributed by atoms with Crippen molar-refractivity contribution in [2.45, 2.75) is 25.9 Å². The summed E-state index contributed by atoms with van der Waals surface area (Å²) < 4.78 is 11.1. The Morgan fingerprint density at radius 2 is 2.11 bits per heavy atom. The van der Waals surface area contributed by atoms with Crippen molar-refractivity contribution in [3.05, 3.63) is 0 Å². The summed E-state index contributed by atoms with van der Waals surface area (Å²) >= 11 is 0. The van der Waals surface area contributed by atoms with Crippen LogP contribution in [0.1, 0.15) is 19.8 Å². The van der Waals surface area contributed by atoms with Crippen LogP contribution in [0, 0.1) is 5.41 Å². The summed E-state index contributed by atoms with van der Waals surface area (Å²) in [4.78, 5) is 2.45. The van der Waals surface area contributed by atoms with Crippen LogP contribution >= 0.6 is 0 Å². The molecule has 0 aliphatic carbocycles. The molecule has 0 aromatic heterocycles. The van der Waals surface area contributed by atoms with Crippen LogP contribution in [0.4, 0.5) is 0 Å². The molecule has 2 saturated heterocycles. The number of ether oxygens (including phenoxy) is 2. The van der Waals surface area contributed by atoms with Gasteiger partial charge in [0.05, 0.1) is 19.3 Å². The van der Waals surface area contributed by atoms with Crippen LogP contribution < -0.4 is 5.32 Å². The Hall–Kier alpha value is -0.200. The van der Waals surface area contributed by atoms with Crippen LogP contribution in [0.2, 0.25) is 0 Å². The third-order valence-electron chi connectivity index (χ3n) is 4.29. The van der Waals surface area contributed by atoms with E-state index >= 15 is 0 Å². The minimum absolute atomic E-state index is 0.00947. The molecule has 2 fully saturated rings. The molecule has 2 heterocycles. The molecule has 5 nitrogen and oxygen atoms in total. The van der Waals surface area contributed by atoms with Crippen molar-refractivity contribution >= 4 is 0 Å². The molecule has 5 heteroatoms. The summed E-state index contributed by atoms with van der Waals surface area (Å²) in [6, 6.07) is 0. The van der Waals surface area contributed by atoms with Crippen molar-refractivity contribution in [3.8, 4) is 0 Å². The zero-order chi connectivity index (χ0) is 13.6. The Morgan fingerprint density at radius 1 is 1.32 bits per heavy atom. The maximum absolute atomic E-state index is 9.24. The lowest BCUT2D eigenvalue weighted by molar-refractivity contribution is -0.0743. The van der Waals surface area contributed by atoms with Gasteiger partial charge in [-0.25, -0.2) is 0 Å². The van der Waals surface area contributed by atoms with Gasteiger partial charge in [0, 0.05) is 39.4 Å². The van der Waals surface area contributed by atoms with Gasteiger partial charge in [0.25, 0.3) is 0 Å². The van der Waals surface area contributed by atoms with E-state index in [9.17, 15) is 5.11 Å². The molecule has 1 atom stereocenters. The van der Waals surface area contributed by atoms with Crippen molar-refractivity contribution in [1.29, 1.82) is 0 Å². The first-order valence-corrected chi connectivity index (χ1v) is 7.51. The number of nitrogens with one attached hydrogen (secondary N) is 1. The summed E-state index contributed by atoms with van der Waals surface area (Å²) in [5.41, 5.74) is 0.325. The molecular weight excluding hydrogens is 244 g/mol. The molecular formula is C14H28N2O3. The number of hydrogen-bond acceptors (Lipinski definition) is 5. The second kappa shape index (κ2) is 7.55. The number of rotatable bonds is 6. The molecule has 1 unspecified atom stereocenters. The number of nitrogens with zero attached hydrogens (tertiary/aromatic N) is 1. The Bertz CT molecular complexity index is 257. The summed E-state index contributed by atoms with van der Waals surface area (Å²) in [7, 11) is 0. The normalized spacial score (nSPS) is 28.4. The largest absolute Gasteiger partial charge is 0.394 e.